The highest BCUT2D eigenvalue weighted by atomic mass is 35.5. The lowest BCUT2D eigenvalue weighted by Gasteiger charge is -2.13. The van der Waals surface area contributed by atoms with E-state index in [1.54, 1.807) is 0 Å². The van der Waals surface area contributed by atoms with Gasteiger partial charge in [0, 0.05) is 6.20 Å². The van der Waals surface area contributed by atoms with Crippen molar-refractivity contribution in [2.75, 3.05) is 0 Å². The first-order valence-electron chi connectivity index (χ1n) is 5.23. The van der Waals surface area contributed by atoms with Crippen molar-refractivity contribution in [3.63, 3.8) is 0 Å². The third-order valence-electron chi connectivity index (χ3n) is 2.58. The largest absolute Gasteiger partial charge is 0.478 e. The lowest BCUT2D eigenvalue weighted by atomic mass is 10.2. The van der Waals surface area contributed by atoms with Crippen LogP contribution in [0.2, 0.25) is 5.02 Å². The summed E-state index contributed by atoms with van der Waals surface area (Å²) in [6.07, 6.45) is -2.68. The molecule has 0 aliphatic rings. The molecule has 0 radical (unpaired) electrons. The highest BCUT2D eigenvalue weighted by Gasteiger charge is 2.36. The van der Waals surface area contributed by atoms with E-state index in [1.807, 2.05) is 0 Å². The molecule has 20 heavy (non-hydrogen) atoms. The molecule has 2 rings (SSSR count). The Labute approximate surface area is 115 Å². The normalized spacial score (nSPS) is 11.7. The molecule has 2 aromatic rings. The molecule has 106 valence electrons. The molecule has 2 aromatic heterocycles. The number of carboxylic acids is 1. The van der Waals surface area contributed by atoms with Gasteiger partial charge in [0.05, 0.1) is 16.9 Å². The Hall–Kier alpha value is -2.09. The van der Waals surface area contributed by atoms with Gasteiger partial charge in [-0.05, 0) is 13.0 Å². The lowest BCUT2D eigenvalue weighted by Crippen LogP contribution is -2.14. The van der Waals surface area contributed by atoms with Crippen molar-refractivity contribution in [2.24, 2.45) is 0 Å². The van der Waals surface area contributed by atoms with Crippen LogP contribution in [0.15, 0.2) is 18.5 Å². The van der Waals surface area contributed by atoms with Gasteiger partial charge in [-0.25, -0.2) is 14.5 Å². The summed E-state index contributed by atoms with van der Waals surface area (Å²) in [5, 5.41) is 12.3. The molecule has 1 N–H and O–H groups in total. The van der Waals surface area contributed by atoms with Gasteiger partial charge in [0.25, 0.3) is 0 Å². The zero-order valence-electron chi connectivity index (χ0n) is 9.94. The standard InChI is InChI=1S/C11H7ClF3N3O2/c1-5-7(10(19)20)4-17-18(5)9-8(11(13,14)15)2-6(12)3-16-9/h2-4H,1H3,(H,19,20). The Kier molecular flexibility index (Phi) is 3.43. The van der Waals surface area contributed by atoms with Gasteiger partial charge in [0.15, 0.2) is 5.82 Å². The molecule has 0 unspecified atom stereocenters. The molecular formula is C11H7ClF3N3O2. The number of aromatic nitrogens is 3. The second-order valence-corrected chi connectivity index (χ2v) is 4.32. The second kappa shape index (κ2) is 4.78. The number of alkyl halides is 3. The molecule has 0 saturated heterocycles. The highest BCUT2D eigenvalue weighted by Crippen LogP contribution is 2.34. The first-order chi connectivity index (χ1) is 9.21. The van der Waals surface area contributed by atoms with E-state index in [1.165, 1.54) is 6.92 Å². The average molecular weight is 306 g/mol. The zero-order chi connectivity index (χ0) is 15.1. The summed E-state index contributed by atoms with van der Waals surface area (Å²) in [4.78, 5) is 14.5. The minimum atomic E-state index is -4.69. The number of carbonyl (C=O) groups is 1. The number of rotatable bonds is 2. The summed E-state index contributed by atoms with van der Waals surface area (Å²) < 4.78 is 39.7. The van der Waals surface area contributed by atoms with Crippen LogP contribution in [0.5, 0.6) is 0 Å². The first kappa shape index (κ1) is 14.3. The smallest absolute Gasteiger partial charge is 0.420 e. The van der Waals surface area contributed by atoms with Crippen molar-refractivity contribution in [3.05, 3.63) is 40.3 Å². The monoisotopic (exact) mass is 305 g/mol. The van der Waals surface area contributed by atoms with Crippen molar-refractivity contribution in [1.29, 1.82) is 0 Å². The van der Waals surface area contributed by atoms with Crippen molar-refractivity contribution >= 4 is 17.6 Å². The van der Waals surface area contributed by atoms with Gasteiger partial charge in [0.1, 0.15) is 11.1 Å². The lowest BCUT2D eigenvalue weighted by molar-refractivity contribution is -0.137. The van der Waals surface area contributed by atoms with Gasteiger partial charge < -0.3 is 5.11 Å². The molecule has 2 heterocycles. The van der Waals surface area contributed by atoms with Crippen molar-refractivity contribution in [2.45, 2.75) is 13.1 Å². The van der Waals surface area contributed by atoms with Gasteiger partial charge in [0.2, 0.25) is 0 Å². The van der Waals surface area contributed by atoms with Crippen LogP contribution in [-0.4, -0.2) is 25.8 Å². The van der Waals surface area contributed by atoms with Gasteiger partial charge in [-0.1, -0.05) is 11.6 Å². The zero-order valence-corrected chi connectivity index (χ0v) is 10.7. The van der Waals surface area contributed by atoms with Crippen LogP contribution in [-0.2, 0) is 6.18 Å². The van der Waals surface area contributed by atoms with E-state index in [0.717, 1.165) is 17.1 Å². The molecule has 5 nitrogen and oxygen atoms in total. The number of aromatic carboxylic acids is 1. The number of carboxylic acid groups (broad SMARTS) is 1. The van der Waals surface area contributed by atoms with Crippen molar-refractivity contribution in [3.8, 4) is 5.82 Å². The van der Waals surface area contributed by atoms with Crippen LogP contribution in [0, 0.1) is 6.92 Å². The van der Waals surface area contributed by atoms with E-state index in [0.29, 0.717) is 6.07 Å². The van der Waals surface area contributed by atoms with Crippen LogP contribution in [0.25, 0.3) is 5.82 Å². The topological polar surface area (TPSA) is 68.0 Å². The summed E-state index contributed by atoms with van der Waals surface area (Å²) in [6.45, 7) is 1.34. The van der Waals surface area contributed by atoms with E-state index in [2.05, 4.69) is 10.1 Å². The second-order valence-electron chi connectivity index (χ2n) is 3.88. The van der Waals surface area contributed by atoms with E-state index in [9.17, 15) is 18.0 Å². The molecular weight excluding hydrogens is 299 g/mol. The first-order valence-corrected chi connectivity index (χ1v) is 5.60. The van der Waals surface area contributed by atoms with Gasteiger partial charge in [-0.15, -0.1) is 0 Å². The summed E-state index contributed by atoms with van der Waals surface area (Å²) in [5.41, 5.74) is -1.25. The van der Waals surface area contributed by atoms with Crippen LogP contribution in [0.3, 0.4) is 0 Å². The van der Waals surface area contributed by atoms with Crippen LogP contribution in [0.4, 0.5) is 13.2 Å². The number of halogens is 4. The molecule has 0 bridgehead atoms. The summed E-state index contributed by atoms with van der Waals surface area (Å²) in [6, 6.07) is 0.714. The maximum absolute atomic E-state index is 13.0. The Balaban J connectivity index is 2.68. The maximum Gasteiger partial charge on any atom is 0.420 e. The molecule has 0 atom stereocenters. The Morgan fingerprint density at radius 3 is 2.55 bits per heavy atom. The molecule has 9 heteroatoms. The Morgan fingerprint density at radius 1 is 1.40 bits per heavy atom. The minimum Gasteiger partial charge on any atom is -0.478 e. The molecule has 0 amide bonds. The van der Waals surface area contributed by atoms with Crippen LogP contribution >= 0.6 is 11.6 Å². The highest BCUT2D eigenvalue weighted by molar-refractivity contribution is 6.30. The molecule has 0 aliphatic heterocycles. The van der Waals surface area contributed by atoms with E-state index in [-0.39, 0.29) is 16.3 Å². The molecule has 0 aromatic carbocycles. The maximum atomic E-state index is 13.0. The number of nitrogens with zero attached hydrogens (tertiary/aromatic N) is 3. The SMILES string of the molecule is Cc1c(C(=O)O)cnn1-c1ncc(Cl)cc1C(F)(F)F. The minimum absolute atomic E-state index is 0.0397. The average Bonchev–Trinajstić information content (AvgIpc) is 2.70. The Bertz CT molecular complexity index is 682. The third-order valence-corrected chi connectivity index (χ3v) is 2.79. The van der Waals surface area contributed by atoms with Crippen LogP contribution < -0.4 is 0 Å². The van der Waals surface area contributed by atoms with E-state index in [4.69, 9.17) is 16.7 Å². The summed E-state index contributed by atoms with van der Waals surface area (Å²) >= 11 is 5.52. The molecule has 0 saturated carbocycles. The summed E-state index contributed by atoms with van der Waals surface area (Å²) in [7, 11) is 0. The fraction of sp³-hybridized carbons (Fsp3) is 0.182. The molecule has 0 fully saturated rings. The van der Waals surface area contributed by atoms with E-state index < -0.39 is 23.5 Å². The fourth-order valence-electron chi connectivity index (χ4n) is 1.64. The quantitative estimate of drug-likeness (QED) is 0.926. The number of hydrogen-bond donors (Lipinski definition) is 1. The number of pyridine rings is 1. The summed E-state index contributed by atoms with van der Waals surface area (Å²) in [5.74, 6) is -1.80. The van der Waals surface area contributed by atoms with Gasteiger partial charge in [-0.3, -0.25) is 0 Å². The predicted molar refractivity (Wildman–Crippen MR) is 63.1 cm³/mol. The Morgan fingerprint density at radius 2 is 2.05 bits per heavy atom. The van der Waals surface area contributed by atoms with E-state index >= 15 is 0 Å². The van der Waals surface area contributed by atoms with Gasteiger partial charge in [-0.2, -0.15) is 18.3 Å². The fourth-order valence-corrected chi connectivity index (χ4v) is 1.80. The molecule has 0 spiro atoms. The van der Waals surface area contributed by atoms with Crippen LogP contribution in [0.1, 0.15) is 21.6 Å². The van der Waals surface area contributed by atoms with Crippen molar-refractivity contribution < 1.29 is 23.1 Å². The number of hydrogen-bond acceptors (Lipinski definition) is 3. The van der Waals surface area contributed by atoms with Crippen molar-refractivity contribution in [1.82, 2.24) is 14.8 Å². The molecule has 0 aliphatic carbocycles. The third kappa shape index (κ3) is 2.46. The van der Waals surface area contributed by atoms with Gasteiger partial charge >= 0.3 is 12.1 Å². The predicted octanol–water partition coefficient (Wildman–Crippen LogP) is 2.95.